The fraction of sp³-hybridized carbons (Fsp3) is 0.176. The van der Waals surface area contributed by atoms with Gasteiger partial charge in [-0.25, -0.2) is 9.37 Å². The van der Waals surface area contributed by atoms with E-state index < -0.39 is 6.04 Å². The predicted octanol–water partition coefficient (Wildman–Crippen LogP) is 3.71. The summed E-state index contributed by atoms with van der Waals surface area (Å²) in [7, 11) is 0. The number of amides is 1. The molecule has 3 aromatic rings. The molecule has 118 valence electrons. The van der Waals surface area contributed by atoms with Gasteiger partial charge in [0.25, 0.3) is 0 Å². The molecule has 0 aliphatic carbocycles. The second kappa shape index (κ2) is 6.08. The predicted molar refractivity (Wildman–Crippen MR) is 86.9 cm³/mol. The number of hydrogen-bond donors (Lipinski definition) is 2. The highest BCUT2D eigenvalue weighted by molar-refractivity contribution is 5.96. The number of oxazole rings is 1. The van der Waals surface area contributed by atoms with Gasteiger partial charge in [-0.15, -0.1) is 0 Å². The largest absolute Gasteiger partial charge is 0.441 e. The molecule has 0 aliphatic heterocycles. The van der Waals surface area contributed by atoms with Crippen molar-refractivity contribution >= 4 is 28.4 Å². The molecule has 0 saturated carbocycles. The van der Waals surface area contributed by atoms with Crippen molar-refractivity contribution < 1.29 is 13.6 Å². The fourth-order valence-corrected chi connectivity index (χ4v) is 2.23. The molecule has 0 unspecified atom stereocenters. The monoisotopic (exact) mass is 313 g/mol. The van der Waals surface area contributed by atoms with Crippen molar-refractivity contribution in [2.24, 2.45) is 0 Å². The van der Waals surface area contributed by atoms with E-state index in [1.807, 2.05) is 18.2 Å². The highest BCUT2D eigenvalue weighted by Gasteiger charge is 2.13. The average Bonchev–Trinajstić information content (AvgIpc) is 2.88. The lowest BCUT2D eigenvalue weighted by molar-refractivity contribution is -0.116. The van der Waals surface area contributed by atoms with Crippen molar-refractivity contribution in [3.8, 4) is 0 Å². The van der Waals surface area contributed by atoms with E-state index in [2.05, 4.69) is 15.6 Å². The fourth-order valence-electron chi connectivity index (χ4n) is 2.23. The molecule has 1 amide bonds. The van der Waals surface area contributed by atoms with Crippen LogP contribution in [0.5, 0.6) is 0 Å². The second-order valence-corrected chi connectivity index (χ2v) is 5.28. The number of fused-ring (bicyclic) bond motifs is 1. The third-order valence-corrected chi connectivity index (χ3v) is 3.38. The minimum absolute atomic E-state index is 0.215. The summed E-state index contributed by atoms with van der Waals surface area (Å²) in [6.45, 7) is 3.53. The number of hydrogen-bond acceptors (Lipinski definition) is 4. The summed E-state index contributed by atoms with van der Waals surface area (Å²) in [6.07, 6.45) is 0. The lowest BCUT2D eigenvalue weighted by Gasteiger charge is -2.15. The van der Waals surface area contributed by atoms with E-state index in [0.29, 0.717) is 17.2 Å². The Morgan fingerprint density at radius 3 is 2.61 bits per heavy atom. The second-order valence-electron chi connectivity index (χ2n) is 5.28. The molecule has 0 aliphatic rings. The van der Waals surface area contributed by atoms with Crippen LogP contribution in [0.3, 0.4) is 0 Å². The maximum atomic E-state index is 12.9. The number of rotatable bonds is 4. The van der Waals surface area contributed by atoms with Crippen LogP contribution in [-0.4, -0.2) is 16.9 Å². The molecule has 0 spiro atoms. The summed E-state index contributed by atoms with van der Waals surface area (Å²) in [5.41, 5.74) is 2.76. The number of nitrogens with one attached hydrogen (secondary N) is 2. The smallest absolute Gasteiger partial charge is 0.246 e. The van der Waals surface area contributed by atoms with Gasteiger partial charge in [0.15, 0.2) is 11.5 Å². The molecule has 1 heterocycles. The number of aromatic nitrogens is 1. The maximum Gasteiger partial charge on any atom is 0.246 e. The quantitative estimate of drug-likeness (QED) is 0.770. The molecule has 0 fully saturated rings. The number of carbonyl (C=O) groups is 1. The first-order valence-corrected chi connectivity index (χ1v) is 7.21. The SMILES string of the molecule is Cc1nc2cc(N[C@@H](C)C(=O)Nc3ccc(F)cc3)ccc2o1. The van der Waals surface area contributed by atoms with Crippen LogP contribution in [0.15, 0.2) is 46.9 Å². The Kier molecular flexibility index (Phi) is 3.97. The Labute approximate surface area is 132 Å². The first kappa shape index (κ1) is 15.0. The highest BCUT2D eigenvalue weighted by atomic mass is 19.1. The van der Waals surface area contributed by atoms with E-state index in [1.165, 1.54) is 24.3 Å². The average molecular weight is 313 g/mol. The van der Waals surface area contributed by atoms with Crippen molar-refractivity contribution in [1.82, 2.24) is 4.98 Å². The first-order chi connectivity index (χ1) is 11.0. The molecule has 2 aromatic carbocycles. The van der Waals surface area contributed by atoms with Crippen molar-refractivity contribution in [1.29, 1.82) is 0 Å². The Balaban J connectivity index is 1.67. The van der Waals surface area contributed by atoms with E-state index in [1.54, 1.807) is 13.8 Å². The molecule has 2 N–H and O–H groups in total. The standard InChI is InChI=1S/C17H16FN3O2/c1-10(17(22)21-13-5-3-12(18)4-6-13)19-14-7-8-16-15(9-14)20-11(2)23-16/h3-10,19H,1-2H3,(H,21,22)/t10-/m0/s1. The minimum Gasteiger partial charge on any atom is -0.441 e. The van der Waals surface area contributed by atoms with Crippen LogP contribution in [0.25, 0.3) is 11.1 Å². The van der Waals surface area contributed by atoms with Crippen LogP contribution in [0.4, 0.5) is 15.8 Å². The Bertz CT molecular complexity index is 843. The first-order valence-electron chi connectivity index (χ1n) is 7.21. The van der Waals surface area contributed by atoms with Crippen molar-refractivity contribution in [3.63, 3.8) is 0 Å². The molecule has 0 bridgehead atoms. The number of benzene rings is 2. The molecular formula is C17H16FN3O2. The molecule has 3 rings (SSSR count). The molecule has 0 saturated heterocycles. The van der Waals surface area contributed by atoms with E-state index in [9.17, 15) is 9.18 Å². The maximum absolute atomic E-state index is 12.9. The highest BCUT2D eigenvalue weighted by Crippen LogP contribution is 2.20. The molecule has 1 aromatic heterocycles. The zero-order valence-corrected chi connectivity index (χ0v) is 12.8. The summed E-state index contributed by atoms with van der Waals surface area (Å²) >= 11 is 0. The molecule has 6 heteroatoms. The zero-order valence-electron chi connectivity index (χ0n) is 12.8. The lowest BCUT2D eigenvalue weighted by atomic mass is 10.2. The van der Waals surface area contributed by atoms with Crippen LogP contribution in [0.1, 0.15) is 12.8 Å². The van der Waals surface area contributed by atoms with Crippen LogP contribution < -0.4 is 10.6 Å². The van der Waals surface area contributed by atoms with Gasteiger partial charge in [-0.3, -0.25) is 4.79 Å². The van der Waals surface area contributed by atoms with Crippen LogP contribution in [0, 0.1) is 12.7 Å². The van der Waals surface area contributed by atoms with Gasteiger partial charge in [0.2, 0.25) is 5.91 Å². The molecule has 5 nitrogen and oxygen atoms in total. The van der Waals surface area contributed by atoms with Gasteiger partial charge in [0.1, 0.15) is 17.4 Å². The Hall–Kier alpha value is -2.89. The van der Waals surface area contributed by atoms with Crippen molar-refractivity contribution in [2.45, 2.75) is 19.9 Å². The van der Waals surface area contributed by atoms with Crippen molar-refractivity contribution in [3.05, 3.63) is 54.2 Å². The Morgan fingerprint density at radius 1 is 1.17 bits per heavy atom. The molecular weight excluding hydrogens is 297 g/mol. The Morgan fingerprint density at radius 2 is 1.87 bits per heavy atom. The van der Waals surface area contributed by atoms with E-state index in [-0.39, 0.29) is 11.7 Å². The number of nitrogens with zero attached hydrogens (tertiary/aromatic N) is 1. The number of aryl methyl sites for hydroxylation is 1. The topological polar surface area (TPSA) is 67.2 Å². The molecule has 23 heavy (non-hydrogen) atoms. The van der Waals surface area contributed by atoms with Crippen LogP contribution in [-0.2, 0) is 4.79 Å². The van der Waals surface area contributed by atoms with E-state index in [0.717, 1.165) is 11.2 Å². The van der Waals surface area contributed by atoms with Gasteiger partial charge in [-0.2, -0.15) is 0 Å². The normalized spacial score (nSPS) is 12.1. The van der Waals surface area contributed by atoms with Gasteiger partial charge in [-0.05, 0) is 49.4 Å². The van der Waals surface area contributed by atoms with Gasteiger partial charge in [0.05, 0.1) is 0 Å². The molecule has 1 atom stereocenters. The summed E-state index contributed by atoms with van der Waals surface area (Å²) < 4.78 is 18.3. The van der Waals surface area contributed by atoms with Gasteiger partial charge in [0, 0.05) is 18.3 Å². The van der Waals surface area contributed by atoms with Crippen molar-refractivity contribution in [2.75, 3.05) is 10.6 Å². The lowest BCUT2D eigenvalue weighted by Crippen LogP contribution is -2.31. The minimum atomic E-state index is -0.467. The number of carbonyl (C=O) groups excluding carboxylic acids is 1. The third-order valence-electron chi connectivity index (χ3n) is 3.38. The molecule has 0 radical (unpaired) electrons. The summed E-state index contributed by atoms with van der Waals surface area (Å²) in [5, 5.41) is 5.84. The summed E-state index contributed by atoms with van der Waals surface area (Å²) in [5.74, 6) is 0.0395. The van der Waals surface area contributed by atoms with Gasteiger partial charge in [-0.1, -0.05) is 0 Å². The number of halogens is 1. The number of anilines is 2. The van der Waals surface area contributed by atoms with E-state index in [4.69, 9.17) is 4.42 Å². The summed E-state index contributed by atoms with van der Waals surface area (Å²) in [6, 6.07) is 10.6. The van der Waals surface area contributed by atoms with E-state index >= 15 is 0 Å². The van der Waals surface area contributed by atoms with Gasteiger partial charge < -0.3 is 15.1 Å². The third kappa shape index (κ3) is 3.48. The van der Waals surface area contributed by atoms with Crippen LogP contribution >= 0.6 is 0 Å². The zero-order chi connectivity index (χ0) is 16.4. The van der Waals surface area contributed by atoms with Gasteiger partial charge >= 0.3 is 0 Å². The summed E-state index contributed by atoms with van der Waals surface area (Å²) in [4.78, 5) is 16.4. The van der Waals surface area contributed by atoms with Crippen LogP contribution in [0.2, 0.25) is 0 Å².